The summed E-state index contributed by atoms with van der Waals surface area (Å²) in [5, 5.41) is 7.94. The van der Waals surface area contributed by atoms with Crippen molar-refractivity contribution in [3.63, 3.8) is 0 Å². The number of aromatic nitrogens is 5. The first-order valence-electron chi connectivity index (χ1n) is 11.6. The Balaban J connectivity index is 1.25. The van der Waals surface area contributed by atoms with E-state index in [2.05, 4.69) is 20.1 Å². The van der Waals surface area contributed by atoms with Gasteiger partial charge < -0.3 is 13.9 Å². The summed E-state index contributed by atoms with van der Waals surface area (Å²) in [7, 11) is 1.58. The normalized spacial score (nSPS) is 16.1. The second-order valence-corrected chi connectivity index (χ2v) is 9.87. The van der Waals surface area contributed by atoms with Crippen molar-refractivity contribution in [1.29, 1.82) is 0 Å². The molecule has 1 fully saturated rings. The lowest BCUT2D eigenvalue weighted by atomic mass is 9.87. The molecule has 0 amide bonds. The van der Waals surface area contributed by atoms with Gasteiger partial charge in [-0.05, 0) is 25.8 Å². The second-order valence-electron chi connectivity index (χ2n) is 8.98. The molecule has 11 heteroatoms. The van der Waals surface area contributed by atoms with E-state index >= 15 is 0 Å². The quantitative estimate of drug-likeness (QED) is 0.269. The highest BCUT2D eigenvalue weighted by molar-refractivity contribution is 7.09. The van der Waals surface area contributed by atoms with Gasteiger partial charge in [-0.15, -0.1) is 11.3 Å². The summed E-state index contributed by atoms with van der Waals surface area (Å²) in [5.41, 5.74) is 2.60. The minimum absolute atomic E-state index is 0.0772. The van der Waals surface area contributed by atoms with Crippen LogP contribution in [-0.4, -0.2) is 37.6 Å². The lowest BCUT2D eigenvalue weighted by molar-refractivity contribution is -0.0382. The van der Waals surface area contributed by atoms with Crippen molar-refractivity contribution >= 4 is 28.0 Å². The van der Waals surface area contributed by atoms with Gasteiger partial charge in [-0.1, -0.05) is 0 Å². The molecule has 0 radical (unpaired) electrons. The zero-order chi connectivity index (χ0) is 24.9. The number of furan rings is 1. The van der Waals surface area contributed by atoms with Crippen molar-refractivity contribution in [2.45, 2.75) is 51.1 Å². The van der Waals surface area contributed by atoms with E-state index in [0.29, 0.717) is 52.8 Å². The van der Waals surface area contributed by atoms with E-state index in [1.165, 1.54) is 11.3 Å². The molecule has 1 saturated carbocycles. The molecule has 6 rings (SSSR count). The molecule has 4 heterocycles. The van der Waals surface area contributed by atoms with Crippen LogP contribution in [0, 0.1) is 6.92 Å². The Labute approximate surface area is 208 Å². The lowest BCUT2D eigenvalue weighted by Gasteiger charge is -2.26. The number of halogens is 2. The third kappa shape index (κ3) is 4.39. The monoisotopic (exact) mass is 511 g/mol. The minimum atomic E-state index is -2.55. The van der Waals surface area contributed by atoms with Crippen LogP contribution in [-0.2, 0) is 6.61 Å². The summed E-state index contributed by atoms with van der Waals surface area (Å²) in [6.07, 6.45) is 4.22. The molecule has 0 saturated heterocycles. The van der Waals surface area contributed by atoms with E-state index in [1.807, 2.05) is 18.4 Å². The Hall–Kier alpha value is -3.60. The van der Waals surface area contributed by atoms with E-state index in [0.717, 1.165) is 16.1 Å². The van der Waals surface area contributed by atoms with Crippen molar-refractivity contribution in [3.8, 4) is 23.0 Å². The maximum atomic E-state index is 13.5. The average molecular weight is 512 g/mol. The third-order valence-electron chi connectivity index (χ3n) is 6.41. The van der Waals surface area contributed by atoms with Gasteiger partial charge in [0.1, 0.15) is 35.2 Å². The summed E-state index contributed by atoms with van der Waals surface area (Å²) in [6, 6.07) is 5.47. The first kappa shape index (κ1) is 22.8. The number of rotatable bonds is 6. The molecule has 5 aromatic rings. The number of fused-ring (bicyclic) bond motifs is 2. The van der Waals surface area contributed by atoms with Gasteiger partial charge in [0.05, 0.1) is 35.6 Å². The molecule has 0 spiro atoms. The Bertz CT molecular complexity index is 1550. The molecule has 1 aliphatic carbocycles. The fourth-order valence-corrected chi connectivity index (χ4v) is 5.44. The van der Waals surface area contributed by atoms with Gasteiger partial charge in [-0.3, -0.25) is 0 Å². The maximum Gasteiger partial charge on any atom is 0.248 e. The molecule has 186 valence electrons. The average Bonchev–Trinajstić information content (AvgIpc) is 3.60. The number of aryl methyl sites for hydroxylation is 1. The Morgan fingerprint density at radius 2 is 2.03 bits per heavy atom. The van der Waals surface area contributed by atoms with Crippen molar-refractivity contribution in [3.05, 3.63) is 52.5 Å². The number of methoxy groups -OCH3 is 1. The van der Waals surface area contributed by atoms with Crippen molar-refractivity contribution in [2.24, 2.45) is 0 Å². The molecule has 0 N–H and O–H groups in total. The summed E-state index contributed by atoms with van der Waals surface area (Å²) >= 11 is 1.51. The first-order valence-corrected chi connectivity index (χ1v) is 12.5. The van der Waals surface area contributed by atoms with Crippen LogP contribution < -0.4 is 9.47 Å². The van der Waals surface area contributed by atoms with Crippen LogP contribution in [0.4, 0.5) is 8.78 Å². The summed E-state index contributed by atoms with van der Waals surface area (Å²) in [4.78, 5) is 13.4. The standard InChI is InChI=1S/C25H23F2N5O3S/c1-14-28-10-23-30-19(11-32(23)31-14)22-9-18-20(7-17(33-2)8-21(18)35-22)34-12-16-13-36-24(29-16)15-3-5-25(26,27)6-4-15/h7-11,13,15H,3-6,12H2,1-2H3. The number of hydrogen-bond acceptors (Lipinski definition) is 8. The predicted octanol–water partition coefficient (Wildman–Crippen LogP) is 6.18. The highest BCUT2D eigenvalue weighted by atomic mass is 32.1. The molecule has 1 aromatic carbocycles. The first-order chi connectivity index (χ1) is 17.4. The number of hydrogen-bond donors (Lipinski definition) is 0. The molecule has 1 aliphatic rings. The van der Waals surface area contributed by atoms with Crippen LogP contribution in [0.3, 0.4) is 0 Å². The number of thiazole rings is 1. The van der Waals surface area contributed by atoms with E-state index < -0.39 is 5.92 Å². The largest absolute Gasteiger partial charge is 0.496 e. The van der Waals surface area contributed by atoms with Crippen molar-refractivity contribution in [1.82, 2.24) is 24.6 Å². The molecule has 0 atom stereocenters. The smallest absolute Gasteiger partial charge is 0.248 e. The lowest BCUT2D eigenvalue weighted by Crippen LogP contribution is -2.23. The zero-order valence-electron chi connectivity index (χ0n) is 19.7. The highest BCUT2D eigenvalue weighted by Crippen LogP contribution is 2.42. The molecular formula is C25H23F2N5O3S. The zero-order valence-corrected chi connectivity index (χ0v) is 20.5. The van der Waals surface area contributed by atoms with E-state index in [-0.39, 0.29) is 25.4 Å². The molecule has 8 nitrogen and oxygen atoms in total. The van der Waals surface area contributed by atoms with Crippen molar-refractivity contribution in [2.75, 3.05) is 7.11 Å². The van der Waals surface area contributed by atoms with E-state index in [4.69, 9.17) is 13.9 Å². The van der Waals surface area contributed by atoms with E-state index in [9.17, 15) is 8.78 Å². The van der Waals surface area contributed by atoms with Gasteiger partial charge in [0.2, 0.25) is 5.92 Å². The molecular weight excluding hydrogens is 488 g/mol. The summed E-state index contributed by atoms with van der Waals surface area (Å²) in [6.45, 7) is 2.06. The Kier molecular flexibility index (Phi) is 5.59. The van der Waals surface area contributed by atoms with Crippen LogP contribution in [0.25, 0.3) is 28.1 Å². The highest BCUT2D eigenvalue weighted by Gasteiger charge is 2.36. The van der Waals surface area contributed by atoms with E-state index in [1.54, 1.807) is 36.2 Å². The van der Waals surface area contributed by atoms with Gasteiger partial charge in [0.25, 0.3) is 0 Å². The third-order valence-corrected chi connectivity index (χ3v) is 7.46. The number of imidazole rings is 1. The second kappa shape index (κ2) is 8.81. The van der Waals surface area contributed by atoms with Crippen LogP contribution in [0.5, 0.6) is 11.5 Å². The van der Waals surface area contributed by atoms with Gasteiger partial charge in [-0.2, -0.15) is 5.10 Å². The van der Waals surface area contributed by atoms with Crippen LogP contribution in [0.1, 0.15) is 48.1 Å². The SMILES string of the molecule is COc1cc(OCc2csc(C3CCC(F)(F)CC3)n2)c2cc(-c3cn4nc(C)ncc4n3)oc2c1. The van der Waals surface area contributed by atoms with Gasteiger partial charge in [0, 0.05) is 36.3 Å². The van der Waals surface area contributed by atoms with Gasteiger partial charge >= 0.3 is 0 Å². The van der Waals surface area contributed by atoms with Crippen LogP contribution >= 0.6 is 11.3 Å². The number of alkyl halides is 2. The molecule has 4 aromatic heterocycles. The van der Waals surface area contributed by atoms with Crippen molar-refractivity contribution < 1.29 is 22.7 Å². The molecule has 0 bridgehead atoms. The fourth-order valence-electron chi connectivity index (χ4n) is 4.47. The summed E-state index contributed by atoms with van der Waals surface area (Å²) in [5.74, 6) is -0.0690. The summed E-state index contributed by atoms with van der Waals surface area (Å²) < 4.78 is 46.4. The topological polar surface area (TPSA) is 87.6 Å². The molecule has 0 unspecified atom stereocenters. The molecule has 0 aliphatic heterocycles. The van der Waals surface area contributed by atoms with Crippen LogP contribution in [0.2, 0.25) is 0 Å². The fraction of sp³-hybridized carbons (Fsp3) is 0.360. The van der Waals surface area contributed by atoms with Gasteiger partial charge in [0.15, 0.2) is 11.4 Å². The number of nitrogens with zero attached hydrogens (tertiary/aromatic N) is 5. The maximum absolute atomic E-state index is 13.5. The van der Waals surface area contributed by atoms with Crippen LogP contribution in [0.15, 0.2) is 40.4 Å². The molecule has 36 heavy (non-hydrogen) atoms. The predicted molar refractivity (Wildman–Crippen MR) is 130 cm³/mol. The Morgan fingerprint density at radius 1 is 1.19 bits per heavy atom. The number of benzene rings is 1. The minimum Gasteiger partial charge on any atom is -0.496 e. The van der Waals surface area contributed by atoms with Gasteiger partial charge in [-0.25, -0.2) is 28.2 Å². The number of ether oxygens (including phenoxy) is 2. The Morgan fingerprint density at radius 3 is 2.83 bits per heavy atom.